The standard InChI is InChI=1S/C21H20ClNO4S2/c1-21(2,23-27-29(4,24)25)10-9-14-11-15-5-7-17(26-3)13-20(15)28-19-8-6-16(22)12-18(14)19/h5-8,11-13,23H,1-4H3. The maximum absolute atomic E-state index is 11.2. The molecule has 0 saturated carbocycles. The molecule has 152 valence electrons. The molecule has 5 nitrogen and oxygen atoms in total. The number of methoxy groups -OCH3 is 1. The Bertz CT molecular complexity index is 1150. The summed E-state index contributed by atoms with van der Waals surface area (Å²) in [7, 11) is -2.00. The van der Waals surface area contributed by atoms with Crippen molar-refractivity contribution in [2.75, 3.05) is 13.4 Å². The molecule has 2 aromatic carbocycles. The van der Waals surface area contributed by atoms with Crippen molar-refractivity contribution in [3.63, 3.8) is 0 Å². The summed E-state index contributed by atoms with van der Waals surface area (Å²) >= 11 is 7.85. The van der Waals surface area contributed by atoms with Crippen molar-refractivity contribution in [1.82, 2.24) is 5.48 Å². The zero-order valence-corrected chi connectivity index (χ0v) is 18.8. The first-order valence-electron chi connectivity index (χ1n) is 8.63. The number of hydroxylamine groups is 1. The predicted molar refractivity (Wildman–Crippen MR) is 117 cm³/mol. The van der Waals surface area contributed by atoms with E-state index in [4.69, 9.17) is 20.6 Å². The number of halogens is 1. The summed E-state index contributed by atoms with van der Waals surface area (Å²) in [5, 5.41) is 0.610. The van der Waals surface area contributed by atoms with E-state index < -0.39 is 15.7 Å². The monoisotopic (exact) mass is 449 g/mol. The highest BCUT2D eigenvalue weighted by molar-refractivity contribution is 7.99. The van der Waals surface area contributed by atoms with Gasteiger partial charge in [-0.2, -0.15) is 18.2 Å². The first-order chi connectivity index (χ1) is 13.6. The lowest BCUT2D eigenvalue weighted by molar-refractivity contribution is 0.149. The van der Waals surface area contributed by atoms with E-state index in [1.165, 1.54) is 0 Å². The third kappa shape index (κ3) is 5.78. The van der Waals surface area contributed by atoms with Gasteiger partial charge in [0.25, 0.3) is 10.1 Å². The molecule has 1 aliphatic rings. The van der Waals surface area contributed by atoms with Gasteiger partial charge in [0.2, 0.25) is 0 Å². The lowest BCUT2D eigenvalue weighted by atomic mass is 10.0. The first-order valence-corrected chi connectivity index (χ1v) is 11.6. The molecule has 0 amide bonds. The fraction of sp³-hybridized carbons (Fsp3) is 0.238. The second-order valence-corrected chi connectivity index (χ2v) is 10.1. The van der Waals surface area contributed by atoms with Crippen LogP contribution in [0.25, 0.3) is 11.6 Å². The molecule has 0 spiro atoms. The smallest absolute Gasteiger partial charge is 0.280 e. The van der Waals surface area contributed by atoms with Gasteiger partial charge in [-0.25, -0.2) is 0 Å². The van der Waals surface area contributed by atoms with Crippen LogP contribution in [-0.4, -0.2) is 27.3 Å². The van der Waals surface area contributed by atoms with Crippen LogP contribution in [0.1, 0.15) is 25.0 Å². The quantitative estimate of drug-likeness (QED) is 0.543. The maximum atomic E-state index is 11.2. The lowest BCUT2D eigenvalue weighted by Gasteiger charge is -2.18. The van der Waals surface area contributed by atoms with Crippen molar-refractivity contribution in [3.8, 4) is 17.6 Å². The fourth-order valence-electron chi connectivity index (χ4n) is 2.54. The van der Waals surface area contributed by atoms with Crippen LogP contribution < -0.4 is 10.2 Å². The highest BCUT2D eigenvalue weighted by Crippen LogP contribution is 2.42. The Morgan fingerprint density at radius 3 is 2.59 bits per heavy atom. The lowest BCUT2D eigenvalue weighted by Crippen LogP contribution is -2.39. The molecule has 1 aliphatic heterocycles. The van der Waals surface area contributed by atoms with Crippen LogP contribution in [0.3, 0.4) is 0 Å². The number of nitrogens with one attached hydrogen (secondary N) is 1. The molecule has 3 rings (SSSR count). The number of ether oxygens (including phenoxy) is 1. The Hall–Kier alpha value is -1.95. The van der Waals surface area contributed by atoms with Gasteiger partial charge in [-0.15, -0.1) is 0 Å². The fourth-order valence-corrected chi connectivity index (χ4v) is 4.14. The number of allylic oxidation sites excluding steroid dienone is 1. The number of fused-ring (bicyclic) bond motifs is 2. The molecule has 1 heterocycles. The molecule has 0 bridgehead atoms. The Labute approximate surface area is 180 Å². The Morgan fingerprint density at radius 1 is 1.14 bits per heavy atom. The second-order valence-electron chi connectivity index (χ2n) is 6.97. The molecule has 0 unspecified atom stereocenters. The molecule has 0 atom stereocenters. The Balaban J connectivity index is 2.06. The zero-order chi connectivity index (χ0) is 21.2. The topological polar surface area (TPSA) is 64.6 Å². The summed E-state index contributed by atoms with van der Waals surface area (Å²) in [5.74, 6) is 6.98. The summed E-state index contributed by atoms with van der Waals surface area (Å²) in [5.41, 5.74) is 4.27. The van der Waals surface area contributed by atoms with Crippen LogP contribution in [0.15, 0.2) is 46.2 Å². The molecule has 0 saturated heterocycles. The maximum Gasteiger partial charge on any atom is 0.280 e. The van der Waals surface area contributed by atoms with Crippen molar-refractivity contribution in [1.29, 1.82) is 0 Å². The van der Waals surface area contributed by atoms with E-state index in [9.17, 15) is 8.42 Å². The minimum absolute atomic E-state index is 0.610. The molecular weight excluding hydrogens is 430 g/mol. The minimum Gasteiger partial charge on any atom is -0.497 e. The van der Waals surface area contributed by atoms with E-state index in [0.717, 1.165) is 38.5 Å². The highest BCUT2D eigenvalue weighted by atomic mass is 35.5. The van der Waals surface area contributed by atoms with E-state index in [1.54, 1.807) is 32.7 Å². The van der Waals surface area contributed by atoms with Crippen molar-refractivity contribution in [3.05, 3.63) is 52.5 Å². The van der Waals surface area contributed by atoms with Crippen LogP contribution in [0, 0.1) is 11.8 Å². The van der Waals surface area contributed by atoms with Gasteiger partial charge >= 0.3 is 0 Å². The van der Waals surface area contributed by atoms with Gasteiger partial charge in [0.15, 0.2) is 0 Å². The van der Waals surface area contributed by atoms with Crippen LogP contribution in [-0.2, 0) is 14.4 Å². The summed E-state index contributed by atoms with van der Waals surface area (Å²) in [6.45, 7) is 3.46. The Morgan fingerprint density at radius 2 is 1.90 bits per heavy atom. The molecule has 29 heavy (non-hydrogen) atoms. The highest BCUT2D eigenvalue weighted by Gasteiger charge is 2.19. The predicted octanol–water partition coefficient (Wildman–Crippen LogP) is 4.62. The van der Waals surface area contributed by atoms with Crippen LogP contribution in [0.5, 0.6) is 5.75 Å². The Kier molecular flexibility index (Phi) is 6.32. The average Bonchev–Trinajstić information content (AvgIpc) is 2.80. The van der Waals surface area contributed by atoms with Gasteiger partial charge < -0.3 is 4.74 Å². The van der Waals surface area contributed by atoms with Gasteiger partial charge in [0.1, 0.15) is 5.75 Å². The molecule has 0 fully saturated rings. The van der Waals surface area contributed by atoms with Crippen LogP contribution in [0.4, 0.5) is 0 Å². The largest absolute Gasteiger partial charge is 0.497 e. The van der Waals surface area contributed by atoms with E-state index in [0.29, 0.717) is 5.02 Å². The zero-order valence-electron chi connectivity index (χ0n) is 16.4. The van der Waals surface area contributed by atoms with E-state index in [2.05, 4.69) is 17.3 Å². The number of hydrogen-bond donors (Lipinski definition) is 1. The third-order valence-corrected chi connectivity index (χ3v) is 5.70. The summed E-state index contributed by atoms with van der Waals surface area (Å²) in [6, 6.07) is 11.5. The molecule has 0 aromatic heterocycles. The van der Waals surface area contributed by atoms with Gasteiger partial charge in [-0.3, -0.25) is 0 Å². The van der Waals surface area contributed by atoms with Crippen molar-refractivity contribution in [2.45, 2.75) is 29.2 Å². The summed E-state index contributed by atoms with van der Waals surface area (Å²) in [6.07, 6.45) is 2.96. The normalized spacial score (nSPS) is 13.3. The van der Waals surface area contributed by atoms with Gasteiger partial charge in [-0.1, -0.05) is 41.3 Å². The van der Waals surface area contributed by atoms with E-state index in [1.807, 2.05) is 42.5 Å². The van der Waals surface area contributed by atoms with Crippen LogP contribution in [0.2, 0.25) is 5.02 Å². The van der Waals surface area contributed by atoms with Crippen molar-refractivity contribution < 1.29 is 17.4 Å². The van der Waals surface area contributed by atoms with Gasteiger partial charge in [0.05, 0.1) is 18.9 Å². The van der Waals surface area contributed by atoms with E-state index >= 15 is 0 Å². The third-order valence-electron chi connectivity index (χ3n) is 3.93. The van der Waals surface area contributed by atoms with Gasteiger partial charge in [0, 0.05) is 26.0 Å². The summed E-state index contributed by atoms with van der Waals surface area (Å²) in [4.78, 5) is 2.06. The molecule has 1 N–H and O–H groups in total. The van der Waals surface area contributed by atoms with Crippen LogP contribution >= 0.6 is 23.4 Å². The molecule has 0 radical (unpaired) electrons. The molecule has 8 heteroatoms. The van der Waals surface area contributed by atoms with E-state index in [-0.39, 0.29) is 0 Å². The first kappa shape index (κ1) is 21.8. The molecule has 2 aromatic rings. The number of rotatable bonds is 4. The molecular formula is C21H20ClNO4S2. The number of hydrogen-bond acceptors (Lipinski definition) is 6. The van der Waals surface area contributed by atoms with Crippen molar-refractivity contribution >= 4 is 45.1 Å². The second kappa shape index (κ2) is 8.42. The number of benzene rings is 2. The molecule has 0 aliphatic carbocycles. The SMILES string of the molecule is COc1ccc2c(c1)Sc1ccc(Cl)cc1C(C#CC(C)(C)NOS(C)(=O)=O)=C2. The minimum atomic E-state index is -3.63. The van der Waals surface area contributed by atoms with Gasteiger partial charge in [-0.05, 0) is 55.8 Å². The van der Waals surface area contributed by atoms with Crippen molar-refractivity contribution in [2.24, 2.45) is 0 Å². The average molecular weight is 450 g/mol. The summed E-state index contributed by atoms with van der Waals surface area (Å²) < 4.78 is 32.5.